The van der Waals surface area contributed by atoms with Crippen LogP contribution in [0.3, 0.4) is 0 Å². The first-order valence-electron chi connectivity index (χ1n) is 9.54. The Hall–Kier alpha value is -1.32. The van der Waals surface area contributed by atoms with Gasteiger partial charge in [0.2, 0.25) is 11.8 Å². The van der Waals surface area contributed by atoms with Gasteiger partial charge < -0.3 is 20.0 Å². The minimum atomic E-state index is -0.0483. The van der Waals surface area contributed by atoms with Crippen molar-refractivity contribution >= 4 is 35.8 Å². The lowest BCUT2D eigenvalue weighted by molar-refractivity contribution is -0.129. The standard InChI is InChI=1S/C19H33N5O2.HI/c1-6-14(24-11-7-8-17(24)25)9-10-21-18(20-5)23-13-16-22-12-15(26-16)19(2,3)4;/h12,14H,6-11,13H2,1-5H3,(H2,20,21,23);1H. The maximum atomic E-state index is 11.9. The smallest absolute Gasteiger partial charge is 0.222 e. The van der Waals surface area contributed by atoms with Crippen LogP contribution in [0.4, 0.5) is 0 Å². The van der Waals surface area contributed by atoms with Gasteiger partial charge in [0, 0.05) is 38.0 Å². The SMILES string of the molecule is CCC(CCNC(=NC)NCc1ncc(C(C)(C)C)o1)N1CCCC1=O.I. The molecule has 1 unspecified atom stereocenters. The number of likely N-dealkylation sites (tertiary alicyclic amines) is 1. The Balaban J connectivity index is 0.00000364. The molecular weight excluding hydrogens is 457 g/mol. The average molecular weight is 491 g/mol. The zero-order valence-corrected chi connectivity index (χ0v) is 19.5. The van der Waals surface area contributed by atoms with Gasteiger partial charge in [-0.1, -0.05) is 27.7 Å². The monoisotopic (exact) mass is 491 g/mol. The van der Waals surface area contributed by atoms with Crippen molar-refractivity contribution in [3.63, 3.8) is 0 Å². The summed E-state index contributed by atoms with van der Waals surface area (Å²) < 4.78 is 5.78. The van der Waals surface area contributed by atoms with Crippen LogP contribution < -0.4 is 10.6 Å². The maximum Gasteiger partial charge on any atom is 0.222 e. The van der Waals surface area contributed by atoms with Gasteiger partial charge in [-0.2, -0.15) is 0 Å². The molecule has 0 aromatic carbocycles. The van der Waals surface area contributed by atoms with E-state index >= 15 is 0 Å². The zero-order valence-electron chi connectivity index (χ0n) is 17.2. The number of carbonyl (C=O) groups is 1. The molecule has 1 fully saturated rings. The second-order valence-electron chi connectivity index (χ2n) is 7.76. The first-order valence-corrected chi connectivity index (χ1v) is 9.54. The Morgan fingerprint density at radius 2 is 2.15 bits per heavy atom. The molecule has 8 heteroatoms. The number of nitrogens with one attached hydrogen (secondary N) is 2. The minimum absolute atomic E-state index is 0. The van der Waals surface area contributed by atoms with Crippen molar-refractivity contribution in [3.05, 3.63) is 17.8 Å². The highest BCUT2D eigenvalue weighted by atomic mass is 127. The molecule has 1 aromatic heterocycles. The van der Waals surface area contributed by atoms with Crippen molar-refractivity contribution < 1.29 is 9.21 Å². The number of nitrogens with zero attached hydrogens (tertiary/aromatic N) is 3. The van der Waals surface area contributed by atoms with Gasteiger partial charge in [0.1, 0.15) is 5.76 Å². The van der Waals surface area contributed by atoms with Crippen molar-refractivity contribution in [2.24, 2.45) is 4.99 Å². The molecular formula is C19H34IN5O2. The largest absolute Gasteiger partial charge is 0.443 e. The number of aromatic nitrogens is 1. The number of guanidine groups is 1. The summed E-state index contributed by atoms with van der Waals surface area (Å²) in [6, 6.07) is 0.302. The van der Waals surface area contributed by atoms with E-state index < -0.39 is 0 Å². The third-order valence-electron chi connectivity index (χ3n) is 4.72. The highest BCUT2D eigenvalue weighted by Gasteiger charge is 2.26. The third kappa shape index (κ3) is 6.97. The van der Waals surface area contributed by atoms with Crippen molar-refractivity contribution in [3.8, 4) is 0 Å². The van der Waals surface area contributed by atoms with Crippen molar-refractivity contribution in [1.82, 2.24) is 20.5 Å². The summed E-state index contributed by atoms with van der Waals surface area (Å²) in [5.41, 5.74) is -0.0483. The Morgan fingerprint density at radius 1 is 1.41 bits per heavy atom. The zero-order chi connectivity index (χ0) is 19.2. The molecule has 2 heterocycles. The Bertz CT molecular complexity index is 624. The molecule has 2 N–H and O–H groups in total. The van der Waals surface area contributed by atoms with Crippen LogP contribution in [0.1, 0.15) is 65.0 Å². The van der Waals surface area contributed by atoms with Crippen LogP contribution in [0.25, 0.3) is 0 Å². The number of halogens is 1. The van der Waals surface area contributed by atoms with Crippen LogP contribution in [0.2, 0.25) is 0 Å². The summed E-state index contributed by atoms with van der Waals surface area (Å²) in [6.07, 6.45) is 5.35. The topological polar surface area (TPSA) is 82.8 Å². The van der Waals surface area contributed by atoms with Crippen LogP contribution in [0.15, 0.2) is 15.6 Å². The predicted octanol–water partition coefficient (Wildman–Crippen LogP) is 3.05. The van der Waals surface area contributed by atoms with Crippen LogP contribution >= 0.6 is 24.0 Å². The summed E-state index contributed by atoms with van der Waals surface area (Å²) in [4.78, 5) is 22.5. The Morgan fingerprint density at radius 3 is 2.67 bits per heavy atom. The Labute approximate surface area is 179 Å². The second-order valence-corrected chi connectivity index (χ2v) is 7.76. The lowest BCUT2D eigenvalue weighted by Gasteiger charge is -2.27. The predicted molar refractivity (Wildman–Crippen MR) is 118 cm³/mol. The van der Waals surface area contributed by atoms with Gasteiger partial charge in [-0.15, -0.1) is 24.0 Å². The fourth-order valence-corrected chi connectivity index (χ4v) is 3.11. The average Bonchev–Trinajstić information content (AvgIpc) is 3.23. The van der Waals surface area contributed by atoms with Gasteiger partial charge in [-0.05, 0) is 19.3 Å². The van der Waals surface area contributed by atoms with Gasteiger partial charge in [0.25, 0.3) is 0 Å². The molecule has 1 saturated heterocycles. The third-order valence-corrected chi connectivity index (χ3v) is 4.72. The molecule has 7 nitrogen and oxygen atoms in total. The maximum absolute atomic E-state index is 11.9. The van der Waals surface area contributed by atoms with Crippen LogP contribution in [0, 0.1) is 0 Å². The number of carbonyl (C=O) groups excluding carboxylic acids is 1. The number of amides is 1. The molecule has 0 saturated carbocycles. The highest BCUT2D eigenvalue weighted by molar-refractivity contribution is 14.0. The van der Waals surface area contributed by atoms with Crippen LogP contribution in [-0.2, 0) is 16.8 Å². The van der Waals surface area contributed by atoms with E-state index in [2.05, 4.69) is 48.3 Å². The molecule has 1 amide bonds. The van der Waals surface area contributed by atoms with E-state index in [1.807, 2.05) is 4.90 Å². The number of rotatable bonds is 7. The molecule has 154 valence electrons. The molecule has 1 aliphatic heterocycles. The molecule has 2 rings (SSSR count). The summed E-state index contributed by atoms with van der Waals surface area (Å²) >= 11 is 0. The normalized spacial score (nSPS) is 16.3. The first kappa shape index (κ1) is 23.7. The number of aliphatic imine (C=N–C) groups is 1. The van der Waals surface area contributed by atoms with Gasteiger partial charge in [0.05, 0.1) is 12.7 Å². The second kappa shape index (κ2) is 10.9. The van der Waals surface area contributed by atoms with E-state index in [4.69, 9.17) is 4.42 Å². The molecule has 1 aromatic rings. The fraction of sp³-hybridized carbons (Fsp3) is 0.737. The van der Waals surface area contributed by atoms with Crippen molar-refractivity contribution in [2.75, 3.05) is 20.1 Å². The molecule has 0 bridgehead atoms. The molecule has 27 heavy (non-hydrogen) atoms. The number of oxazole rings is 1. The minimum Gasteiger partial charge on any atom is -0.443 e. The fourth-order valence-electron chi connectivity index (χ4n) is 3.11. The summed E-state index contributed by atoms with van der Waals surface area (Å²) in [5.74, 6) is 2.52. The molecule has 0 aliphatic carbocycles. The van der Waals surface area contributed by atoms with Gasteiger partial charge in [0.15, 0.2) is 5.96 Å². The molecule has 0 radical (unpaired) electrons. The Kier molecular flexibility index (Phi) is 9.55. The van der Waals surface area contributed by atoms with Crippen LogP contribution in [-0.4, -0.2) is 47.9 Å². The molecule has 1 atom stereocenters. The summed E-state index contributed by atoms with van der Waals surface area (Å²) in [5, 5.41) is 6.53. The number of hydrogen-bond donors (Lipinski definition) is 2. The van der Waals surface area contributed by atoms with E-state index in [0.717, 1.165) is 38.1 Å². The van der Waals surface area contributed by atoms with E-state index in [1.165, 1.54) is 0 Å². The van der Waals surface area contributed by atoms with Crippen molar-refractivity contribution in [2.45, 2.75) is 71.4 Å². The first-order chi connectivity index (χ1) is 12.3. The molecule has 1 aliphatic rings. The summed E-state index contributed by atoms with van der Waals surface area (Å²) in [6.45, 7) is 10.6. The van der Waals surface area contributed by atoms with E-state index in [9.17, 15) is 4.79 Å². The van der Waals surface area contributed by atoms with Gasteiger partial charge in [-0.25, -0.2) is 4.98 Å². The van der Waals surface area contributed by atoms with E-state index in [0.29, 0.717) is 30.9 Å². The highest BCUT2D eigenvalue weighted by Crippen LogP contribution is 2.22. The van der Waals surface area contributed by atoms with Gasteiger partial charge >= 0.3 is 0 Å². The molecule has 0 spiro atoms. The van der Waals surface area contributed by atoms with Crippen LogP contribution in [0.5, 0.6) is 0 Å². The quantitative estimate of drug-likeness (QED) is 0.348. The summed E-state index contributed by atoms with van der Waals surface area (Å²) in [7, 11) is 1.74. The van der Waals surface area contributed by atoms with Gasteiger partial charge in [-0.3, -0.25) is 9.79 Å². The van der Waals surface area contributed by atoms with E-state index in [1.54, 1.807) is 13.2 Å². The lowest BCUT2D eigenvalue weighted by Crippen LogP contribution is -2.41. The van der Waals surface area contributed by atoms with E-state index in [-0.39, 0.29) is 35.3 Å². The number of hydrogen-bond acceptors (Lipinski definition) is 4. The lowest BCUT2D eigenvalue weighted by atomic mass is 9.94. The van der Waals surface area contributed by atoms with Crippen molar-refractivity contribution in [1.29, 1.82) is 0 Å².